The number of likely N-dealkylation sites (N-methyl/N-ethyl adjacent to an activating group) is 1. The predicted octanol–water partition coefficient (Wildman–Crippen LogP) is 1.56. The molecule has 0 aliphatic rings. The van der Waals surface area contributed by atoms with E-state index in [1.807, 2.05) is 0 Å². The first kappa shape index (κ1) is 11.7. The first-order valence-electron chi connectivity index (χ1n) is 3.68. The molecule has 1 N–H and O–H groups in total. The van der Waals surface area contributed by atoms with Crippen molar-refractivity contribution in [3.8, 4) is 0 Å². The second kappa shape index (κ2) is 4.09. The van der Waals surface area contributed by atoms with Gasteiger partial charge in [0.15, 0.2) is 0 Å². The number of halogens is 3. The van der Waals surface area contributed by atoms with Crippen LogP contribution >= 0.6 is 0 Å². The molecule has 0 aliphatic heterocycles. The fourth-order valence-electron chi connectivity index (χ4n) is 0.912. The van der Waals surface area contributed by atoms with Crippen molar-refractivity contribution in [2.24, 2.45) is 0 Å². The van der Waals surface area contributed by atoms with Gasteiger partial charge in [-0.05, 0) is 13.5 Å². The largest absolute Gasteiger partial charge is 0.408 e. The van der Waals surface area contributed by atoms with Crippen LogP contribution in [0, 0.1) is 0 Å². The van der Waals surface area contributed by atoms with Crippen LogP contribution in [0.3, 0.4) is 0 Å². The van der Waals surface area contributed by atoms with Gasteiger partial charge in [0, 0.05) is 7.11 Å². The number of ether oxygens (including phenoxy) is 1. The highest BCUT2D eigenvalue weighted by atomic mass is 19.4. The number of methoxy groups -OCH3 is 1. The van der Waals surface area contributed by atoms with Crippen molar-refractivity contribution in [2.75, 3.05) is 20.3 Å². The molecule has 0 saturated heterocycles. The Morgan fingerprint density at radius 2 is 1.83 bits per heavy atom. The summed E-state index contributed by atoms with van der Waals surface area (Å²) in [6.07, 6.45) is -4.28. The Labute approximate surface area is 70.1 Å². The summed E-state index contributed by atoms with van der Waals surface area (Å²) in [5.74, 6) is 0. The maximum atomic E-state index is 12.3. The number of nitrogens with one attached hydrogen (secondary N) is 1. The molecule has 0 bridgehead atoms. The molecular formula is C7H14F3NO. The lowest BCUT2D eigenvalue weighted by molar-refractivity contribution is -0.203. The van der Waals surface area contributed by atoms with Crippen LogP contribution in [0.25, 0.3) is 0 Å². The Bertz CT molecular complexity index is 129. The third-order valence-electron chi connectivity index (χ3n) is 1.63. The van der Waals surface area contributed by atoms with E-state index in [2.05, 4.69) is 10.1 Å². The Morgan fingerprint density at radius 3 is 2.08 bits per heavy atom. The fourth-order valence-corrected chi connectivity index (χ4v) is 0.912. The molecule has 1 unspecified atom stereocenters. The van der Waals surface area contributed by atoms with Crippen molar-refractivity contribution >= 4 is 0 Å². The quantitative estimate of drug-likeness (QED) is 0.717. The van der Waals surface area contributed by atoms with E-state index in [0.29, 0.717) is 0 Å². The minimum atomic E-state index is -4.28. The molecule has 0 fully saturated rings. The van der Waals surface area contributed by atoms with Gasteiger partial charge in [-0.1, -0.05) is 6.92 Å². The summed E-state index contributed by atoms with van der Waals surface area (Å²) in [6, 6.07) is 0. The summed E-state index contributed by atoms with van der Waals surface area (Å²) in [4.78, 5) is 0. The fraction of sp³-hybridized carbons (Fsp3) is 1.00. The summed E-state index contributed by atoms with van der Waals surface area (Å²) in [5.41, 5.74) is -1.93. The van der Waals surface area contributed by atoms with Crippen LogP contribution < -0.4 is 5.32 Å². The molecule has 0 heterocycles. The van der Waals surface area contributed by atoms with Gasteiger partial charge < -0.3 is 10.1 Å². The Morgan fingerprint density at radius 1 is 1.33 bits per heavy atom. The normalized spacial score (nSPS) is 17.5. The zero-order chi connectivity index (χ0) is 9.83. The topological polar surface area (TPSA) is 21.3 Å². The first-order valence-corrected chi connectivity index (χ1v) is 3.68. The lowest BCUT2D eigenvalue weighted by atomic mass is 10.0. The lowest BCUT2D eigenvalue weighted by Gasteiger charge is -2.31. The predicted molar refractivity (Wildman–Crippen MR) is 40.0 cm³/mol. The Hall–Kier alpha value is -0.290. The molecule has 0 aromatic heterocycles. The van der Waals surface area contributed by atoms with Crippen LogP contribution in [0.4, 0.5) is 13.2 Å². The van der Waals surface area contributed by atoms with E-state index < -0.39 is 11.7 Å². The molecule has 5 heteroatoms. The second-order valence-corrected chi connectivity index (χ2v) is 2.79. The molecule has 12 heavy (non-hydrogen) atoms. The molecular weight excluding hydrogens is 171 g/mol. The van der Waals surface area contributed by atoms with E-state index in [0.717, 1.165) is 6.92 Å². The molecule has 0 amide bonds. The van der Waals surface area contributed by atoms with Crippen molar-refractivity contribution < 1.29 is 17.9 Å². The Kier molecular flexibility index (Phi) is 3.99. The van der Waals surface area contributed by atoms with Gasteiger partial charge in [0.2, 0.25) is 0 Å². The highest BCUT2D eigenvalue weighted by Crippen LogP contribution is 2.29. The monoisotopic (exact) mass is 185 g/mol. The van der Waals surface area contributed by atoms with E-state index in [9.17, 15) is 13.2 Å². The SMILES string of the molecule is CCNC(C)(COC)C(F)(F)F. The zero-order valence-corrected chi connectivity index (χ0v) is 7.46. The average Bonchev–Trinajstić information content (AvgIpc) is 1.86. The molecule has 1 atom stereocenters. The average molecular weight is 185 g/mol. The van der Waals surface area contributed by atoms with E-state index >= 15 is 0 Å². The molecule has 0 aromatic carbocycles. The van der Waals surface area contributed by atoms with Gasteiger partial charge in [-0.15, -0.1) is 0 Å². The molecule has 0 spiro atoms. The third-order valence-corrected chi connectivity index (χ3v) is 1.63. The number of rotatable bonds is 4. The van der Waals surface area contributed by atoms with Crippen LogP contribution in [0.5, 0.6) is 0 Å². The zero-order valence-electron chi connectivity index (χ0n) is 7.46. The Balaban J connectivity index is 4.38. The second-order valence-electron chi connectivity index (χ2n) is 2.79. The molecule has 0 radical (unpaired) electrons. The van der Waals surface area contributed by atoms with E-state index in [1.165, 1.54) is 7.11 Å². The van der Waals surface area contributed by atoms with Crippen molar-refractivity contribution in [2.45, 2.75) is 25.6 Å². The van der Waals surface area contributed by atoms with Crippen molar-refractivity contribution in [3.05, 3.63) is 0 Å². The number of hydrogen-bond acceptors (Lipinski definition) is 2. The summed E-state index contributed by atoms with van der Waals surface area (Å²) in [7, 11) is 1.25. The van der Waals surface area contributed by atoms with Crippen LogP contribution in [-0.4, -0.2) is 32.0 Å². The molecule has 0 saturated carbocycles. The van der Waals surface area contributed by atoms with Gasteiger partial charge in [-0.2, -0.15) is 13.2 Å². The summed E-state index contributed by atoms with van der Waals surface area (Å²) in [5, 5.41) is 2.35. The maximum Gasteiger partial charge on any atom is 0.408 e. The van der Waals surface area contributed by atoms with Crippen molar-refractivity contribution in [3.63, 3.8) is 0 Å². The third kappa shape index (κ3) is 2.64. The lowest BCUT2D eigenvalue weighted by Crippen LogP contribution is -2.57. The molecule has 0 aromatic rings. The van der Waals surface area contributed by atoms with Gasteiger partial charge in [0.05, 0.1) is 6.61 Å². The molecule has 0 rings (SSSR count). The van der Waals surface area contributed by atoms with E-state index in [4.69, 9.17) is 0 Å². The van der Waals surface area contributed by atoms with Crippen LogP contribution in [0.15, 0.2) is 0 Å². The van der Waals surface area contributed by atoms with Gasteiger partial charge in [0.1, 0.15) is 5.54 Å². The van der Waals surface area contributed by atoms with Gasteiger partial charge in [0.25, 0.3) is 0 Å². The number of alkyl halides is 3. The minimum absolute atomic E-state index is 0.263. The highest BCUT2D eigenvalue weighted by Gasteiger charge is 2.50. The molecule has 0 aliphatic carbocycles. The summed E-state index contributed by atoms with van der Waals surface area (Å²) >= 11 is 0. The van der Waals surface area contributed by atoms with Crippen LogP contribution in [0.2, 0.25) is 0 Å². The van der Waals surface area contributed by atoms with Crippen LogP contribution in [0.1, 0.15) is 13.8 Å². The van der Waals surface area contributed by atoms with Gasteiger partial charge >= 0.3 is 6.18 Å². The highest BCUT2D eigenvalue weighted by molar-refractivity contribution is 4.90. The van der Waals surface area contributed by atoms with E-state index in [-0.39, 0.29) is 13.2 Å². The van der Waals surface area contributed by atoms with Crippen molar-refractivity contribution in [1.29, 1.82) is 0 Å². The van der Waals surface area contributed by atoms with Crippen molar-refractivity contribution in [1.82, 2.24) is 5.32 Å². The van der Waals surface area contributed by atoms with Crippen LogP contribution in [-0.2, 0) is 4.74 Å². The van der Waals surface area contributed by atoms with E-state index in [1.54, 1.807) is 6.92 Å². The maximum absolute atomic E-state index is 12.3. The summed E-state index contributed by atoms with van der Waals surface area (Å²) in [6.45, 7) is 2.60. The molecule has 2 nitrogen and oxygen atoms in total. The smallest absolute Gasteiger partial charge is 0.382 e. The molecule has 74 valence electrons. The summed E-state index contributed by atoms with van der Waals surface area (Å²) < 4.78 is 41.5. The first-order chi connectivity index (χ1) is 5.37. The standard InChI is InChI=1S/C7H14F3NO/c1-4-11-6(2,5-12-3)7(8,9)10/h11H,4-5H2,1-3H3. The van der Waals surface area contributed by atoms with Gasteiger partial charge in [-0.3, -0.25) is 0 Å². The number of hydrogen-bond donors (Lipinski definition) is 1. The minimum Gasteiger partial charge on any atom is -0.382 e. The van der Waals surface area contributed by atoms with Gasteiger partial charge in [-0.25, -0.2) is 0 Å².